The molecular weight excluding hydrogens is 262 g/mol. The highest BCUT2D eigenvalue weighted by Gasteiger charge is 2.20. The summed E-state index contributed by atoms with van der Waals surface area (Å²) in [5.41, 5.74) is 1.26. The summed E-state index contributed by atoms with van der Waals surface area (Å²) in [6.07, 6.45) is 0. The van der Waals surface area contributed by atoms with Crippen molar-refractivity contribution in [3.63, 3.8) is 0 Å². The zero-order valence-electron chi connectivity index (χ0n) is 11.6. The number of hydrogen-bond donors (Lipinski definition) is 2. The molecule has 1 unspecified atom stereocenters. The number of rotatable bonds is 8. The molecule has 1 rings (SSSR count). The van der Waals surface area contributed by atoms with Gasteiger partial charge in [-0.15, -0.1) is 0 Å². The highest BCUT2D eigenvalue weighted by atomic mass is 32.2. The predicted octanol–water partition coefficient (Wildman–Crippen LogP) is 3.58. The van der Waals surface area contributed by atoms with E-state index in [0.717, 1.165) is 11.5 Å². The van der Waals surface area contributed by atoms with E-state index < -0.39 is 0 Å². The number of anilines is 2. The quantitative estimate of drug-likeness (QED) is 0.564. The smallest absolute Gasteiger partial charge is 0.315 e. The van der Waals surface area contributed by atoms with Gasteiger partial charge in [-0.05, 0) is 31.7 Å². The van der Waals surface area contributed by atoms with Crippen molar-refractivity contribution in [1.82, 2.24) is 0 Å². The van der Waals surface area contributed by atoms with Crippen molar-refractivity contribution in [2.75, 3.05) is 28.7 Å². The van der Waals surface area contributed by atoms with Crippen LogP contribution in [0, 0.1) is 10.1 Å². The highest BCUT2D eigenvalue weighted by Crippen LogP contribution is 2.33. The number of hydrogen-bond acceptors (Lipinski definition) is 5. The van der Waals surface area contributed by atoms with Gasteiger partial charge in [0.25, 0.3) is 0 Å². The van der Waals surface area contributed by atoms with Crippen LogP contribution in [-0.4, -0.2) is 29.0 Å². The first-order chi connectivity index (χ1) is 9.10. The summed E-state index contributed by atoms with van der Waals surface area (Å²) in [6, 6.07) is 5.51. The normalized spacial score (nSPS) is 11.9. The Balaban J connectivity index is 2.93. The van der Waals surface area contributed by atoms with Crippen molar-refractivity contribution in [2.24, 2.45) is 0 Å². The Morgan fingerprint density at radius 2 is 2.05 bits per heavy atom. The molecule has 0 saturated carbocycles. The largest absolute Gasteiger partial charge is 0.380 e. The van der Waals surface area contributed by atoms with E-state index in [2.05, 4.69) is 17.6 Å². The minimum absolute atomic E-state index is 0.123. The third kappa shape index (κ3) is 4.63. The molecule has 0 fully saturated rings. The maximum absolute atomic E-state index is 11.2. The molecule has 2 N–H and O–H groups in total. The molecule has 0 bridgehead atoms. The predicted molar refractivity (Wildman–Crippen MR) is 83.3 cm³/mol. The molecule has 1 aromatic carbocycles. The Morgan fingerprint density at radius 1 is 1.37 bits per heavy atom. The number of thioether (sulfide) groups is 1. The number of nitro benzene ring substituents is 1. The van der Waals surface area contributed by atoms with E-state index in [4.69, 9.17) is 0 Å². The lowest BCUT2D eigenvalue weighted by Crippen LogP contribution is -2.19. The van der Waals surface area contributed by atoms with Crippen LogP contribution in [0.15, 0.2) is 18.2 Å². The molecule has 0 aliphatic heterocycles. The van der Waals surface area contributed by atoms with Crippen LogP contribution in [-0.2, 0) is 0 Å². The van der Waals surface area contributed by atoms with Gasteiger partial charge in [0.05, 0.1) is 4.92 Å². The lowest BCUT2D eigenvalue weighted by Gasteiger charge is -2.16. The van der Waals surface area contributed by atoms with Gasteiger partial charge in [-0.25, -0.2) is 0 Å². The van der Waals surface area contributed by atoms with Crippen LogP contribution in [0.5, 0.6) is 0 Å². The number of nitrogens with zero attached hydrogens (tertiary/aromatic N) is 1. The van der Waals surface area contributed by atoms with Crippen molar-refractivity contribution < 1.29 is 4.92 Å². The van der Waals surface area contributed by atoms with Crippen LogP contribution in [0.3, 0.4) is 0 Å². The minimum Gasteiger partial charge on any atom is -0.380 e. The van der Waals surface area contributed by atoms with Gasteiger partial charge >= 0.3 is 5.69 Å². The summed E-state index contributed by atoms with van der Waals surface area (Å²) in [7, 11) is 0. The molecule has 0 saturated heterocycles. The Labute approximate surface area is 118 Å². The van der Waals surface area contributed by atoms with Gasteiger partial charge in [-0.3, -0.25) is 10.1 Å². The van der Waals surface area contributed by atoms with Gasteiger partial charge in [0.2, 0.25) is 0 Å². The molecule has 6 heteroatoms. The van der Waals surface area contributed by atoms with E-state index in [1.807, 2.05) is 31.7 Å². The number of nitro groups is 1. The average Bonchev–Trinajstić information content (AvgIpc) is 2.36. The second kappa shape index (κ2) is 7.89. The topological polar surface area (TPSA) is 67.2 Å². The van der Waals surface area contributed by atoms with E-state index in [-0.39, 0.29) is 16.7 Å². The first-order valence-corrected chi connectivity index (χ1v) is 7.61. The van der Waals surface area contributed by atoms with Crippen LogP contribution in [0.4, 0.5) is 17.1 Å². The van der Waals surface area contributed by atoms with E-state index in [0.29, 0.717) is 17.9 Å². The highest BCUT2D eigenvalue weighted by molar-refractivity contribution is 7.99. The molecule has 0 aliphatic carbocycles. The van der Waals surface area contributed by atoms with Crippen molar-refractivity contribution >= 4 is 28.8 Å². The number of para-hydroxylation sites is 1. The first-order valence-electron chi connectivity index (χ1n) is 6.45. The molecule has 19 heavy (non-hydrogen) atoms. The average molecular weight is 283 g/mol. The number of benzene rings is 1. The Hall–Kier alpha value is -1.43. The van der Waals surface area contributed by atoms with Crippen molar-refractivity contribution in [3.8, 4) is 0 Å². The molecule has 5 nitrogen and oxygen atoms in total. The monoisotopic (exact) mass is 283 g/mol. The SMILES string of the molecule is CCNc1cccc(NC(C)CSCC)c1[N+](=O)[O-]. The molecule has 0 spiro atoms. The molecule has 1 aromatic rings. The fourth-order valence-corrected chi connectivity index (χ4v) is 2.46. The van der Waals surface area contributed by atoms with Crippen molar-refractivity contribution in [2.45, 2.75) is 26.8 Å². The van der Waals surface area contributed by atoms with Crippen LogP contribution >= 0.6 is 11.8 Å². The lowest BCUT2D eigenvalue weighted by molar-refractivity contribution is -0.383. The number of nitrogens with one attached hydrogen (secondary N) is 2. The van der Waals surface area contributed by atoms with Gasteiger partial charge in [0.1, 0.15) is 11.4 Å². The van der Waals surface area contributed by atoms with E-state index in [1.165, 1.54) is 0 Å². The maximum Gasteiger partial charge on any atom is 0.315 e. The summed E-state index contributed by atoms with van der Waals surface area (Å²) in [5.74, 6) is 1.98. The first kappa shape index (κ1) is 15.6. The van der Waals surface area contributed by atoms with E-state index in [1.54, 1.807) is 12.1 Å². The third-order valence-corrected chi connectivity index (χ3v) is 3.70. The van der Waals surface area contributed by atoms with Crippen LogP contribution in [0.1, 0.15) is 20.8 Å². The Morgan fingerprint density at radius 3 is 2.63 bits per heavy atom. The summed E-state index contributed by atoms with van der Waals surface area (Å²) in [5, 5.41) is 17.5. The molecule has 1 atom stereocenters. The molecule has 0 radical (unpaired) electrons. The summed E-state index contributed by atoms with van der Waals surface area (Å²) in [4.78, 5) is 10.9. The summed E-state index contributed by atoms with van der Waals surface area (Å²) in [6.45, 7) is 6.72. The maximum atomic E-state index is 11.2. The molecule has 106 valence electrons. The molecule has 0 amide bonds. The fourth-order valence-electron chi connectivity index (χ4n) is 1.79. The molecule has 0 heterocycles. The van der Waals surface area contributed by atoms with Crippen molar-refractivity contribution in [1.29, 1.82) is 0 Å². The fraction of sp³-hybridized carbons (Fsp3) is 0.538. The Bertz CT molecular complexity index is 426. The van der Waals surface area contributed by atoms with Crippen LogP contribution < -0.4 is 10.6 Å². The van der Waals surface area contributed by atoms with Gasteiger partial charge in [0.15, 0.2) is 0 Å². The van der Waals surface area contributed by atoms with Gasteiger partial charge in [-0.2, -0.15) is 11.8 Å². The standard InChI is InChI=1S/C13H21N3O2S/c1-4-14-11-7-6-8-12(13(11)16(17)18)15-10(3)9-19-5-2/h6-8,10,14-15H,4-5,9H2,1-3H3. The zero-order valence-corrected chi connectivity index (χ0v) is 12.4. The lowest BCUT2D eigenvalue weighted by atomic mass is 10.2. The van der Waals surface area contributed by atoms with Gasteiger partial charge in [-0.1, -0.05) is 13.0 Å². The second-order valence-electron chi connectivity index (χ2n) is 4.19. The second-order valence-corrected chi connectivity index (χ2v) is 5.51. The van der Waals surface area contributed by atoms with E-state index in [9.17, 15) is 10.1 Å². The molecular formula is C13H21N3O2S. The molecule has 0 aromatic heterocycles. The molecule has 0 aliphatic rings. The van der Waals surface area contributed by atoms with E-state index >= 15 is 0 Å². The van der Waals surface area contributed by atoms with Crippen LogP contribution in [0.25, 0.3) is 0 Å². The van der Waals surface area contributed by atoms with Gasteiger partial charge < -0.3 is 10.6 Å². The van der Waals surface area contributed by atoms with Crippen molar-refractivity contribution in [3.05, 3.63) is 28.3 Å². The third-order valence-electron chi connectivity index (χ3n) is 2.56. The summed E-state index contributed by atoms with van der Waals surface area (Å²) >= 11 is 1.82. The van der Waals surface area contributed by atoms with Gasteiger partial charge in [0, 0.05) is 18.3 Å². The zero-order chi connectivity index (χ0) is 14.3. The minimum atomic E-state index is -0.333. The Kier molecular flexibility index (Phi) is 6.49. The summed E-state index contributed by atoms with van der Waals surface area (Å²) < 4.78 is 0. The van der Waals surface area contributed by atoms with Crippen LogP contribution in [0.2, 0.25) is 0 Å².